The van der Waals surface area contributed by atoms with Crippen LogP contribution < -0.4 is 20.3 Å². The first kappa shape index (κ1) is 22.1. The molecule has 1 aromatic heterocycles. The Balaban J connectivity index is 1.43. The monoisotopic (exact) mass is 456 g/mol. The molecular weight excluding hydrogens is 437 g/mol. The Hall–Kier alpha value is -4.08. The van der Waals surface area contributed by atoms with Gasteiger partial charge in [-0.2, -0.15) is 13.2 Å². The summed E-state index contributed by atoms with van der Waals surface area (Å²) >= 11 is 0. The number of benzene rings is 2. The molecule has 0 bridgehead atoms. The van der Waals surface area contributed by atoms with Crippen LogP contribution >= 0.6 is 0 Å². The highest BCUT2D eigenvalue weighted by atomic mass is 19.4. The number of urea groups is 1. The third-order valence-corrected chi connectivity index (χ3v) is 5.09. The number of halogens is 3. The van der Waals surface area contributed by atoms with Crippen molar-refractivity contribution >= 4 is 23.3 Å². The maximum atomic E-state index is 13.1. The van der Waals surface area contributed by atoms with Crippen molar-refractivity contribution in [3.63, 3.8) is 0 Å². The van der Waals surface area contributed by atoms with Crippen molar-refractivity contribution < 1.29 is 27.5 Å². The lowest BCUT2D eigenvalue weighted by molar-refractivity contribution is -0.137. The Labute approximate surface area is 187 Å². The highest BCUT2D eigenvalue weighted by Gasteiger charge is 2.33. The molecule has 2 heterocycles. The number of carbonyl (C=O) groups excluding carboxylic acids is 2. The molecule has 10 heteroatoms. The number of nitrogens with zero attached hydrogens (tertiary/aromatic N) is 2. The zero-order chi connectivity index (χ0) is 23.6. The summed E-state index contributed by atoms with van der Waals surface area (Å²) in [5.74, 6) is 0.530. The summed E-state index contributed by atoms with van der Waals surface area (Å²) in [6, 6.07) is 12.5. The quantitative estimate of drug-likeness (QED) is 0.588. The summed E-state index contributed by atoms with van der Waals surface area (Å²) < 4.78 is 44.9. The Morgan fingerprint density at radius 2 is 1.79 bits per heavy atom. The van der Waals surface area contributed by atoms with Crippen LogP contribution in [0.1, 0.15) is 21.6 Å². The highest BCUT2D eigenvalue weighted by molar-refractivity contribution is 6.03. The van der Waals surface area contributed by atoms with Gasteiger partial charge >= 0.3 is 12.2 Å². The fourth-order valence-corrected chi connectivity index (χ4v) is 3.43. The number of amides is 3. The second-order valence-corrected chi connectivity index (χ2v) is 7.26. The predicted molar refractivity (Wildman–Crippen MR) is 116 cm³/mol. The SMILES string of the molecule is CNC(=O)c1cc(Oc2ccc(NC(=O)N3CCc4ccc(C(F)(F)F)cc43)cc2)ccn1. The molecule has 1 aliphatic rings. The van der Waals surface area contributed by atoms with Gasteiger partial charge < -0.3 is 15.4 Å². The second-order valence-electron chi connectivity index (χ2n) is 7.26. The summed E-state index contributed by atoms with van der Waals surface area (Å²) in [5.41, 5.74) is 0.812. The van der Waals surface area contributed by atoms with E-state index in [1.54, 1.807) is 30.3 Å². The Morgan fingerprint density at radius 1 is 1.03 bits per heavy atom. The molecule has 7 nitrogen and oxygen atoms in total. The number of pyridine rings is 1. The fraction of sp³-hybridized carbons (Fsp3) is 0.174. The summed E-state index contributed by atoms with van der Waals surface area (Å²) in [4.78, 5) is 29.7. The van der Waals surface area contributed by atoms with Crippen molar-refractivity contribution in [3.05, 3.63) is 77.6 Å². The average molecular weight is 456 g/mol. The largest absolute Gasteiger partial charge is 0.457 e. The van der Waals surface area contributed by atoms with Crippen LogP contribution in [0.4, 0.5) is 29.3 Å². The third-order valence-electron chi connectivity index (χ3n) is 5.09. The van der Waals surface area contributed by atoms with Crippen LogP contribution in [0.25, 0.3) is 0 Å². The van der Waals surface area contributed by atoms with Gasteiger partial charge in [-0.1, -0.05) is 6.07 Å². The highest BCUT2D eigenvalue weighted by Crippen LogP contribution is 2.36. The van der Waals surface area contributed by atoms with E-state index in [0.29, 0.717) is 35.7 Å². The van der Waals surface area contributed by atoms with E-state index in [1.165, 1.54) is 30.3 Å². The minimum atomic E-state index is -4.48. The van der Waals surface area contributed by atoms with Crippen LogP contribution in [0.15, 0.2) is 60.8 Å². The van der Waals surface area contributed by atoms with Crippen LogP contribution in [0.3, 0.4) is 0 Å². The van der Waals surface area contributed by atoms with Gasteiger partial charge in [0.1, 0.15) is 17.2 Å². The third kappa shape index (κ3) is 4.89. The van der Waals surface area contributed by atoms with Gasteiger partial charge in [0, 0.05) is 37.2 Å². The van der Waals surface area contributed by atoms with Crippen molar-refractivity contribution in [3.8, 4) is 11.5 Å². The molecule has 4 rings (SSSR count). The summed E-state index contributed by atoms with van der Waals surface area (Å²) in [7, 11) is 1.50. The van der Waals surface area contributed by atoms with Gasteiger partial charge in [0.15, 0.2) is 0 Å². The van der Waals surface area contributed by atoms with Gasteiger partial charge in [-0.15, -0.1) is 0 Å². The van der Waals surface area contributed by atoms with E-state index in [2.05, 4.69) is 15.6 Å². The van der Waals surface area contributed by atoms with Gasteiger partial charge in [-0.3, -0.25) is 14.7 Å². The molecule has 2 aromatic carbocycles. The maximum absolute atomic E-state index is 13.1. The normalized spacial score (nSPS) is 12.8. The molecule has 0 atom stereocenters. The molecule has 2 N–H and O–H groups in total. The van der Waals surface area contributed by atoms with Crippen molar-refractivity contribution in [2.24, 2.45) is 0 Å². The van der Waals surface area contributed by atoms with Crippen LogP contribution in [0, 0.1) is 0 Å². The second kappa shape index (κ2) is 8.81. The van der Waals surface area contributed by atoms with E-state index in [-0.39, 0.29) is 17.3 Å². The molecule has 3 amide bonds. The first-order chi connectivity index (χ1) is 15.7. The van der Waals surface area contributed by atoms with E-state index in [9.17, 15) is 22.8 Å². The van der Waals surface area contributed by atoms with Crippen molar-refractivity contribution in [2.45, 2.75) is 12.6 Å². The standard InChI is InChI=1S/C23H19F3N4O3/c1-27-21(31)19-13-18(8-10-28-19)33-17-6-4-16(5-7-17)29-22(32)30-11-9-14-2-3-15(12-20(14)30)23(24,25)26/h2-8,10,12-13H,9,11H2,1H3,(H,27,31)(H,29,32). The molecule has 0 spiro atoms. The Morgan fingerprint density at radius 3 is 2.48 bits per heavy atom. The van der Waals surface area contributed by atoms with E-state index < -0.39 is 17.8 Å². The molecule has 0 saturated carbocycles. The molecule has 1 aliphatic heterocycles. The Kier molecular flexibility index (Phi) is 5.91. The van der Waals surface area contributed by atoms with Gasteiger partial charge in [0.2, 0.25) is 0 Å². The molecule has 0 aliphatic carbocycles. The first-order valence-corrected chi connectivity index (χ1v) is 9.99. The molecule has 0 unspecified atom stereocenters. The van der Waals surface area contributed by atoms with Gasteiger partial charge in [-0.05, 0) is 54.4 Å². The molecule has 170 valence electrons. The van der Waals surface area contributed by atoms with Gasteiger partial charge in [-0.25, -0.2) is 4.79 Å². The van der Waals surface area contributed by atoms with Crippen LogP contribution in [-0.4, -0.2) is 30.5 Å². The fourth-order valence-electron chi connectivity index (χ4n) is 3.43. The van der Waals surface area contributed by atoms with Gasteiger partial charge in [0.05, 0.1) is 5.56 Å². The Bertz CT molecular complexity index is 1200. The molecule has 0 saturated heterocycles. The topological polar surface area (TPSA) is 83.6 Å². The van der Waals surface area contributed by atoms with E-state index in [1.807, 2.05) is 0 Å². The number of hydrogen-bond acceptors (Lipinski definition) is 4. The maximum Gasteiger partial charge on any atom is 0.416 e. The lowest BCUT2D eigenvalue weighted by Gasteiger charge is -2.19. The number of hydrogen-bond donors (Lipinski definition) is 2. The van der Waals surface area contributed by atoms with Crippen molar-refractivity contribution in [2.75, 3.05) is 23.8 Å². The number of carbonyl (C=O) groups is 2. The van der Waals surface area contributed by atoms with E-state index in [0.717, 1.165) is 12.1 Å². The molecule has 33 heavy (non-hydrogen) atoms. The summed E-state index contributed by atoms with van der Waals surface area (Å²) in [5, 5.41) is 5.17. The molecule has 3 aromatic rings. The zero-order valence-electron chi connectivity index (χ0n) is 17.4. The number of rotatable bonds is 4. The number of nitrogens with one attached hydrogen (secondary N) is 2. The van der Waals surface area contributed by atoms with Crippen LogP contribution in [-0.2, 0) is 12.6 Å². The van der Waals surface area contributed by atoms with Gasteiger partial charge in [0.25, 0.3) is 5.91 Å². The molecule has 0 radical (unpaired) electrons. The first-order valence-electron chi connectivity index (χ1n) is 9.99. The molecular formula is C23H19F3N4O3. The van der Waals surface area contributed by atoms with Crippen LogP contribution in [0.5, 0.6) is 11.5 Å². The number of ether oxygens (including phenoxy) is 1. The number of fused-ring (bicyclic) bond motifs is 1. The lowest BCUT2D eigenvalue weighted by Crippen LogP contribution is -2.33. The average Bonchev–Trinajstić information content (AvgIpc) is 3.23. The summed E-state index contributed by atoms with van der Waals surface area (Å²) in [6.45, 7) is 0.291. The molecule has 0 fully saturated rings. The van der Waals surface area contributed by atoms with E-state index in [4.69, 9.17) is 4.74 Å². The minimum Gasteiger partial charge on any atom is -0.457 e. The van der Waals surface area contributed by atoms with E-state index >= 15 is 0 Å². The lowest BCUT2D eigenvalue weighted by atomic mass is 10.1. The van der Waals surface area contributed by atoms with Crippen LogP contribution in [0.2, 0.25) is 0 Å². The number of anilines is 2. The van der Waals surface area contributed by atoms with Crippen molar-refractivity contribution in [1.82, 2.24) is 10.3 Å². The number of aromatic nitrogens is 1. The summed E-state index contributed by atoms with van der Waals surface area (Å²) in [6.07, 6.45) is -2.55. The predicted octanol–water partition coefficient (Wildman–Crippen LogP) is 4.85. The minimum absolute atomic E-state index is 0.207. The smallest absolute Gasteiger partial charge is 0.416 e. The zero-order valence-corrected chi connectivity index (χ0v) is 17.4. The number of alkyl halides is 3. The van der Waals surface area contributed by atoms with Crippen molar-refractivity contribution in [1.29, 1.82) is 0 Å².